The van der Waals surface area contributed by atoms with Gasteiger partial charge in [-0.1, -0.05) is 11.6 Å². The van der Waals surface area contributed by atoms with E-state index in [4.69, 9.17) is 26.8 Å². The minimum Gasteiger partial charge on any atom is -0.486 e. The molecule has 0 spiro atoms. The highest BCUT2D eigenvalue weighted by Gasteiger charge is 2.17. The fraction of sp³-hybridized carbons (Fsp3) is 0.286. The summed E-state index contributed by atoms with van der Waals surface area (Å²) in [4.78, 5) is 3.27. The SMILES string of the molecule is CN(Cc1ccc(Cl)s1)c1cc2c(cc1N)OCCO2. The molecule has 2 heterocycles. The third-order valence-corrected chi connectivity index (χ3v) is 4.34. The molecule has 0 amide bonds. The molecular weight excluding hydrogens is 296 g/mol. The highest BCUT2D eigenvalue weighted by molar-refractivity contribution is 7.16. The van der Waals surface area contributed by atoms with E-state index in [-0.39, 0.29) is 0 Å². The Morgan fingerprint density at radius 1 is 1.25 bits per heavy atom. The van der Waals surface area contributed by atoms with Crippen LogP contribution in [0, 0.1) is 0 Å². The molecule has 6 heteroatoms. The van der Waals surface area contributed by atoms with Crippen LogP contribution in [0.15, 0.2) is 24.3 Å². The van der Waals surface area contributed by atoms with Gasteiger partial charge in [0.15, 0.2) is 11.5 Å². The molecule has 0 saturated carbocycles. The van der Waals surface area contributed by atoms with E-state index in [1.54, 1.807) is 11.3 Å². The van der Waals surface area contributed by atoms with Crippen molar-refractivity contribution in [3.05, 3.63) is 33.5 Å². The molecule has 106 valence electrons. The van der Waals surface area contributed by atoms with Crippen molar-refractivity contribution in [1.29, 1.82) is 0 Å². The normalized spacial score (nSPS) is 13.3. The Bertz CT molecular complexity index is 630. The zero-order valence-electron chi connectivity index (χ0n) is 11.1. The summed E-state index contributed by atoms with van der Waals surface area (Å²) in [7, 11) is 2.00. The number of hydrogen-bond donors (Lipinski definition) is 1. The number of benzene rings is 1. The average Bonchev–Trinajstić information content (AvgIpc) is 2.83. The second-order valence-electron chi connectivity index (χ2n) is 4.62. The van der Waals surface area contributed by atoms with Crippen molar-refractivity contribution in [2.45, 2.75) is 6.54 Å². The zero-order valence-corrected chi connectivity index (χ0v) is 12.6. The standard InChI is InChI=1S/C14H15ClN2O2S/c1-17(8-9-2-3-14(15)20-9)11-7-13-12(6-10(11)16)18-4-5-19-13/h2-3,6-7H,4-5,8,16H2,1H3. The number of halogens is 1. The lowest BCUT2D eigenvalue weighted by molar-refractivity contribution is 0.172. The van der Waals surface area contributed by atoms with Crippen molar-refractivity contribution in [3.8, 4) is 11.5 Å². The summed E-state index contributed by atoms with van der Waals surface area (Å²) >= 11 is 7.53. The largest absolute Gasteiger partial charge is 0.486 e. The van der Waals surface area contributed by atoms with Gasteiger partial charge >= 0.3 is 0 Å². The van der Waals surface area contributed by atoms with Crippen LogP contribution in [-0.4, -0.2) is 20.3 Å². The minimum absolute atomic E-state index is 0.565. The fourth-order valence-electron chi connectivity index (χ4n) is 2.18. The highest BCUT2D eigenvalue weighted by atomic mass is 35.5. The lowest BCUT2D eigenvalue weighted by Crippen LogP contribution is -2.19. The molecule has 20 heavy (non-hydrogen) atoms. The third-order valence-electron chi connectivity index (χ3n) is 3.12. The minimum atomic E-state index is 0.565. The van der Waals surface area contributed by atoms with Crippen molar-refractivity contribution < 1.29 is 9.47 Å². The summed E-state index contributed by atoms with van der Waals surface area (Å²) in [6.45, 7) is 1.89. The fourth-order valence-corrected chi connectivity index (χ4v) is 3.32. The van der Waals surface area contributed by atoms with Gasteiger partial charge in [0, 0.05) is 24.1 Å². The van der Waals surface area contributed by atoms with E-state index < -0.39 is 0 Å². The number of anilines is 2. The van der Waals surface area contributed by atoms with Gasteiger partial charge in [-0.15, -0.1) is 11.3 Å². The molecule has 2 aromatic rings. The average molecular weight is 311 g/mol. The van der Waals surface area contributed by atoms with E-state index in [0.29, 0.717) is 24.7 Å². The number of hydrogen-bond acceptors (Lipinski definition) is 5. The molecular formula is C14H15ClN2O2S. The molecule has 1 aromatic heterocycles. The van der Waals surface area contributed by atoms with Crippen LogP contribution in [0.2, 0.25) is 4.34 Å². The Hall–Kier alpha value is -1.59. The summed E-state index contributed by atoms with van der Waals surface area (Å²) < 4.78 is 11.9. The number of nitrogens with zero attached hydrogens (tertiary/aromatic N) is 1. The van der Waals surface area contributed by atoms with Crippen molar-refractivity contribution in [3.63, 3.8) is 0 Å². The quantitative estimate of drug-likeness (QED) is 0.883. The molecule has 0 unspecified atom stereocenters. The zero-order chi connectivity index (χ0) is 14.1. The highest BCUT2D eigenvalue weighted by Crippen LogP contribution is 2.38. The number of rotatable bonds is 3. The van der Waals surface area contributed by atoms with Crippen molar-refractivity contribution in [2.24, 2.45) is 0 Å². The van der Waals surface area contributed by atoms with Crippen LogP contribution in [0.5, 0.6) is 11.5 Å². The van der Waals surface area contributed by atoms with E-state index in [0.717, 1.165) is 22.3 Å². The Morgan fingerprint density at radius 3 is 2.60 bits per heavy atom. The second-order valence-corrected chi connectivity index (χ2v) is 6.42. The number of fused-ring (bicyclic) bond motifs is 1. The van der Waals surface area contributed by atoms with Crippen LogP contribution in [0.3, 0.4) is 0 Å². The van der Waals surface area contributed by atoms with E-state index in [1.807, 2.05) is 31.3 Å². The summed E-state index contributed by atoms with van der Waals surface area (Å²) in [5.74, 6) is 1.46. The van der Waals surface area contributed by atoms with Gasteiger partial charge in [-0.2, -0.15) is 0 Å². The van der Waals surface area contributed by atoms with Gasteiger partial charge in [-0.3, -0.25) is 0 Å². The predicted molar refractivity (Wildman–Crippen MR) is 83.3 cm³/mol. The first-order chi connectivity index (χ1) is 9.63. The van der Waals surface area contributed by atoms with Gasteiger partial charge in [0.05, 0.1) is 22.3 Å². The first kappa shape index (κ1) is 13.4. The lowest BCUT2D eigenvalue weighted by atomic mass is 10.2. The van der Waals surface area contributed by atoms with Gasteiger partial charge in [0.25, 0.3) is 0 Å². The van der Waals surface area contributed by atoms with Crippen molar-refractivity contribution in [1.82, 2.24) is 0 Å². The molecule has 0 bridgehead atoms. The first-order valence-corrected chi connectivity index (χ1v) is 7.47. The number of nitrogen functional groups attached to an aromatic ring is 1. The van der Waals surface area contributed by atoms with Gasteiger partial charge in [0.1, 0.15) is 13.2 Å². The maximum atomic E-state index is 6.10. The van der Waals surface area contributed by atoms with E-state index >= 15 is 0 Å². The van der Waals surface area contributed by atoms with Crippen LogP contribution in [0.25, 0.3) is 0 Å². The molecule has 0 atom stereocenters. The number of nitrogens with two attached hydrogens (primary N) is 1. The molecule has 1 aliphatic rings. The smallest absolute Gasteiger partial charge is 0.163 e. The molecule has 3 rings (SSSR count). The van der Waals surface area contributed by atoms with Crippen molar-refractivity contribution >= 4 is 34.3 Å². The summed E-state index contributed by atoms with van der Waals surface area (Å²) in [6.07, 6.45) is 0. The Morgan fingerprint density at radius 2 is 1.95 bits per heavy atom. The van der Waals surface area contributed by atoms with Crippen LogP contribution in [-0.2, 0) is 6.54 Å². The van der Waals surface area contributed by atoms with Crippen LogP contribution in [0.1, 0.15) is 4.88 Å². The summed E-state index contributed by atoms with van der Waals surface area (Å²) in [6, 6.07) is 7.68. The Labute approximate surface area is 126 Å². The number of thiophene rings is 1. The topological polar surface area (TPSA) is 47.7 Å². The first-order valence-electron chi connectivity index (χ1n) is 6.28. The molecule has 0 radical (unpaired) electrons. The van der Waals surface area contributed by atoms with Crippen molar-refractivity contribution in [2.75, 3.05) is 30.9 Å². The van der Waals surface area contributed by atoms with Crippen LogP contribution in [0.4, 0.5) is 11.4 Å². The second kappa shape index (κ2) is 5.42. The molecule has 1 aliphatic heterocycles. The van der Waals surface area contributed by atoms with Gasteiger partial charge in [0.2, 0.25) is 0 Å². The molecule has 2 N–H and O–H groups in total. The molecule has 4 nitrogen and oxygen atoms in total. The molecule has 0 fully saturated rings. The van der Waals surface area contributed by atoms with E-state index in [2.05, 4.69) is 4.90 Å². The third kappa shape index (κ3) is 2.64. The molecule has 1 aromatic carbocycles. The Kier molecular flexibility index (Phi) is 3.63. The monoisotopic (exact) mass is 310 g/mol. The Balaban J connectivity index is 1.85. The van der Waals surface area contributed by atoms with Crippen LogP contribution >= 0.6 is 22.9 Å². The van der Waals surface area contributed by atoms with Crippen LogP contribution < -0.4 is 20.1 Å². The lowest BCUT2D eigenvalue weighted by Gasteiger charge is -2.24. The maximum absolute atomic E-state index is 6.10. The van der Waals surface area contributed by atoms with E-state index in [1.165, 1.54) is 4.88 Å². The number of ether oxygens (including phenoxy) is 2. The molecule has 0 aliphatic carbocycles. The van der Waals surface area contributed by atoms with Gasteiger partial charge in [-0.05, 0) is 12.1 Å². The predicted octanol–water partition coefficient (Wildman–Crippen LogP) is 3.39. The van der Waals surface area contributed by atoms with Gasteiger partial charge in [-0.25, -0.2) is 0 Å². The maximum Gasteiger partial charge on any atom is 0.163 e. The summed E-state index contributed by atoms with van der Waals surface area (Å²) in [5, 5.41) is 0. The molecule has 0 saturated heterocycles. The van der Waals surface area contributed by atoms with Gasteiger partial charge < -0.3 is 20.1 Å². The van der Waals surface area contributed by atoms with E-state index in [9.17, 15) is 0 Å². The summed E-state index contributed by atoms with van der Waals surface area (Å²) in [5.41, 5.74) is 7.71.